The first-order valence-electron chi connectivity index (χ1n) is 3.80. The first-order chi connectivity index (χ1) is 6.22. The summed E-state index contributed by atoms with van der Waals surface area (Å²) in [6.07, 6.45) is 1.69. The summed E-state index contributed by atoms with van der Waals surface area (Å²) >= 11 is 1.40. The van der Waals surface area contributed by atoms with Gasteiger partial charge in [-0.1, -0.05) is 0 Å². The van der Waals surface area contributed by atoms with Gasteiger partial charge < -0.3 is 10.4 Å². The van der Waals surface area contributed by atoms with E-state index in [0.29, 0.717) is 5.13 Å². The van der Waals surface area contributed by atoms with Crippen LogP contribution in [0.4, 0.5) is 9.93 Å². The van der Waals surface area contributed by atoms with Gasteiger partial charge in [0.1, 0.15) is 0 Å². The first-order valence-corrected chi connectivity index (χ1v) is 4.62. The van der Waals surface area contributed by atoms with Crippen LogP contribution in [0.25, 0.3) is 0 Å². The maximum Gasteiger partial charge on any atom is 0.321 e. The number of nitrogens with zero attached hydrogens (tertiary/aromatic N) is 1. The summed E-state index contributed by atoms with van der Waals surface area (Å²) in [4.78, 5) is 16.0. The Morgan fingerprint density at radius 1 is 1.77 bits per heavy atom. The van der Waals surface area contributed by atoms with E-state index in [0.717, 1.165) is 4.88 Å². The largest absolute Gasteiger partial charge is 0.395 e. The van der Waals surface area contributed by atoms with E-state index in [2.05, 4.69) is 15.6 Å². The normalized spacial score (nSPS) is 9.69. The Morgan fingerprint density at radius 2 is 2.54 bits per heavy atom. The van der Waals surface area contributed by atoms with Crippen molar-refractivity contribution >= 4 is 22.5 Å². The van der Waals surface area contributed by atoms with E-state index < -0.39 is 0 Å². The Morgan fingerprint density at radius 3 is 3.08 bits per heavy atom. The Balaban J connectivity index is 2.36. The summed E-state index contributed by atoms with van der Waals surface area (Å²) in [6.45, 7) is 2.09. The Kier molecular flexibility index (Phi) is 3.66. The molecule has 0 atom stereocenters. The Bertz CT molecular complexity index is 287. The van der Waals surface area contributed by atoms with Crippen molar-refractivity contribution in [3.8, 4) is 0 Å². The molecule has 1 aromatic rings. The van der Waals surface area contributed by atoms with Crippen molar-refractivity contribution in [2.24, 2.45) is 0 Å². The van der Waals surface area contributed by atoms with Gasteiger partial charge in [-0.05, 0) is 6.92 Å². The van der Waals surface area contributed by atoms with Gasteiger partial charge in [0.25, 0.3) is 0 Å². The number of aliphatic hydroxyl groups is 1. The molecule has 0 aliphatic heterocycles. The van der Waals surface area contributed by atoms with Crippen LogP contribution in [0.2, 0.25) is 0 Å². The molecule has 0 spiro atoms. The van der Waals surface area contributed by atoms with Crippen LogP contribution in [0.1, 0.15) is 4.88 Å². The van der Waals surface area contributed by atoms with Gasteiger partial charge in [-0.2, -0.15) is 0 Å². The summed E-state index contributed by atoms with van der Waals surface area (Å²) in [5, 5.41) is 14.0. The lowest BCUT2D eigenvalue weighted by molar-refractivity contribution is 0.245. The smallest absolute Gasteiger partial charge is 0.321 e. The minimum atomic E-state index is -0.344. The number of carbonyl (C=O) groups excluding carboxylic acids is 1. The van der Waals surface area contributed by atoms with Crippen molar-refractivity contribution in [2.75, 3.05) is 18.5 Å². The van der Waals surface area contributed by atoms with Crippen LogP contribution in [0.3, 0.4) is 0 Å². The Labute approximate surface area is 79.8 Å². The molecule has 0 aliphatic rings. The van der Waals surface area contributed by atoms with E-state index in [9.17, 15) is 4.79 Å². The highest BCUT2D eigenvalue weighted by molar-refractivity contribution is 7.15. The second kappa shape index (κ2) is 4.78. The summed E-state index contributed by atoms with van der Waals surface area (Å²) in [5.41, 5.74) is 0. The maximum atomic E-state index is 11.0. The van der Waals surface area contributed by atoms with Crippen molar-refractivity contribution in [1.29, 1.82) is 0 Å². The summed E-state index contributed by atoms with van der Waals surface area (Å²) in [5.74, 6) is 0. The van der Waals surface area contributed by atoms with Crippen LogP contribution in [0.15, 0.2) is 6.20 Å². The number of urea groups is 1. The van der Waals surface area contributed by atoms with E-state index in [1.807, 2.05) is 6.92 Å². The SMILES string of the molecule is Cc1cnc(NC(=O)NCCO)s1. The average molecular weight is 201 g/mol. The van der Waals surface area contributed by atoms with Crippen molar-refractivity contribution < 1.29 is 9.90 Å². The van der Waals surface area contributed by atoms with Crippen molar-refractivity contribution in [3.05, 3.63) is 11.1 Å². The quantitative estimate of drug-likeness (QED) is 0.669. The number of thiazole rings is 1. The molecular weight excluding hydrogens is 190 g/mol. The molecule has 3 N–H and O–H groups in total. The highest BCUT2D eigenvalue weighted by atomic mass is 32.1. The zero-order valence-corrected chi connectivity index (χ0v) is 8.02. The molecule has 0 radical (unpaired) electrons. The lowest BCUT2D eigenvalue weighted by Crippen LogP contribution is -2.30. The number of aryl methyl sites for hydroxylation is 1. The number of carbonyl (C=O) groups is 1. The van der Waals surface area contributed by atoms with Crippen LogP contribution in [0.5, 0.6) is 0 Å². The summed E-state index contributed by atoms with van der Waals surface area (Å²) in [6, 6.07) is -0.344. The lowest BCUT2D eigenvalue weighted by Gasteiger charge is -2.01. The average Bonchev–Trinajstić information content (AvgIpc) is 2.48. The molecule has 1 heterocycles. The van der Waals surface area contributed by atoms with Crippen LogP contribution in [-0.4, -0.2) is 29.3 Å². The number of rotatable bonds is 3. The van der Waals surface area contributed by atoms with E-state index in [-0.39, 0.29) is 19.2 Å². The number of hydrogen-bond acceptors (Lipinski definition) is 4. The number of amides is 2. The van der Waals surface area contributed by atoms with Crippen molar-refractivity contribution in [1.82, 2.24) is 10.3 Å². The molecule has 0 saturated heterocycles. The molecule has 0 saturated carbocycles. The zero-order chi connectivity index (χ0) is 9.68. The fourth-order valence-corrected chi connectivity index (χ4v) is 1.38. The maximum absolute atomic E-state index is 11.0. The highest BCUT2D eigenvalue weighted by Gasteiger charge is 2.02. The first kappa shape index (κ1) is 9.94. The standard InChI is InChI=1S/C7H11N3O2S/c1-5-4-9-7(13-5)10-6(12)8-2-3-11/h4,11H,2-3H2,1H3,(H2,8,9,10,12). The van der Waals surface area contributed by atoms with Crippen LogP contribution in [-0.2, 0) is 0 Å². The van der Waals surface area contributed by atoms with Gasteiger partial charge in [0, 0.05) is 17.6 Å². The molecule has 0 unspecified atom stereocenters. The molecule has 2 amide bonds. The van der Waals surface area contributed by atoms with Gasteiger partial charge in [0.15, 0.2) is 5.13 Å². The van der Waals surface area contributed by atoms with Gasteiger partial charge in [-0.25, -0.2) is 9.78 Å². The highest BCUT2D eigenvalue weighted by Crippen LogP contribution is 2.15. The number of aliphatic hydroxyl groups excluding tert-OH is 1. The predicted octanol–water partition coefficient (Wildman–Crippen LogP) is 0.565. The second-order valence-corrected chi connectivity index (χ2v) is 3.62. The van der Waals surface area contributed by atoms with E-state index in [4.69, 9.17) is 5.11 Å². The zero-order valence-electron chi connectivity index (χ0n) is 7.20. The molecule has 72 valence electrons. The molecule has 0 bridgehead atoms. The third-order valence-electron chi connectivity index (χ3n) is 1.24. The van der Waals surface area contributed by atoms with Gasteiger partial charge in [0.2, 0.25) is 0 Å². The summed E-state index contributed by atoms with van der Waals surface area (Å²) < 4.78 is 0. The van der Waals surface area contributed by atoms with Gasteiger partial charge >= 0.3 is 6.03 Å². The molecule has 0 aliphatic carbocycles. The van der Waals surface area contributed by atoms with E-state index in [1.165, 1.54) is 11.3 Å². The molecule has 1 aromatic heterocycles. The van der Waals surface area contributed by atoms with Gasteiger partial charge in [-0.15, -0.1) is 11.3 Å². The van der Waals surface area contributed by atoms with Crippen LogP contribution in [0, 0.1) is 6.92 Å². The van der Waals surface area contributed by atoms with Gasteiger partial charge in [-0.3, -0.25) is 5.32 Å². The minimum Gasteiger partial charge on any atom is -0.395 e. The fraction of sp³-hybridized carbons (Fsp3) is 0.429. The van der Waals surface area contributed by atoms with E-state index in [1.54, 1.807) is 6.20 Å². The molecular formula is C7H11N3O2S. The monoisotopic (exact) mass is 201 g/mol. The minimum absolute atomic E-state index is 0.0652. The predicted molar refractivity (Wildman–Crippen MR) is 51.0 cm³/mol. The van der Waals surface area contributed by atoms with Crippen molar-refractivity contribution in [2.45, 2.75) is 6.92 Å². The molecule has 0 aromatic carbocycles. The molecule has 13 heavy (non-hydrogen) atoms. The van der Waals surface area contributed by atoms with Crippen molar-refractivity contribution in [3.63, 3.8) is 0 Å². The summed E-state index contributed by atoms with van der Waals surface area (Å²) in [7, 11) is 0. The Hall–Kier alpha value is -1.14. The van der Waals surface area contributed by atoms with E-state index >= 15 is 0 Å². The molecule has 5 nitrogen and oxygen atoms in total. The second-order valence-electron chi connectivity index (χ2n) is 2.38. The molecule has 0 fully saturated rings. The van der Waals surface area contributed by atoms with Gasteiger partial charge in [0.05, 0.1) is 6.61 Å². The number of hydrogen-bond donors (Lipinski definition) is 3. The lowest BCUT2D eigenvalue weighted by atomic mass is 10.6. The fourth-order valence-electron chi connectivity index (χ4n) is 0.723. The molecule has 1 rings (SSSR count). The van der Waals surface area contributed by atoms with Crippen LogP contribution >= 0.6 is 11.3 Å². The topological polar surface area (TPSA) is 74.2 Å². The number of nitrogens with one attached hydrogen (secondary N) is 2. The number of aromatic nitrogens is 1. The third-order valence-corrected chi connectivity index (χ3v) is 2.07. The van der Waals surface area contributed by atoms with Crippen LogP contribution < -0.4 is 10.6 Å². The number of anilines is 1. The third kappa shape index (κ3) is 3.39. The molecule has 6 heteroatoms.